The number of benzene rings is 2. The normalized spacial score (nSPS) is 10.5. The second-order valence-corrected chi connectivity index (χ2v) is 5.05. The summed E-state index contributed by atoms with van der Waals surface area (Å²) in [5.41, 5.74) is 0.178. The number of anilines is 1. The maximum Gasteiger partial charge on any atom is 0.275 e. The fourth-order valence-corrected chi connectivity index (χ4v) is 2.06. The number of nitrogens with one attached hydrogen (secondary N) is 1. The van der Waals surface area contributed by atoms with Crippen molar-refractivity contribution in [2.75, 3.05) is 5.32 Å². The van der Waals surface area contributed by atoms with Crippen molar-refractivity contribution < 1.29 is 18.1 Å². The van der Waals surface area contributed by atoms with E-state index in [9.17, 15) is 23.3 Å². The molecule has 0 aliphatic carbocycles. The number of rotatable bonds is 4. The van der Waals surface area contributed by atoms with Gasteiger partial charge in [-0.15, -0.1) is 0 Å². The van der Waals surface area contributed by atoms with E-state index >= 15 is 0 Å². The Labute approximate surface area is 125 Å². The Morgan fingerprint density at radius 1 is 1.14 bits per heavy atom. The average molecular weight is 361 g/mol. The highest BCUT2D eigenvalue weighted by Gasteiger charge is 2.15. The van der Waals surface area contributed by atoms with E-state index in [-0.39, 0.29) is 17.9 Å². The number of hydrogen-bond donors (Lipinski definition) is 1. The fraction of sp³-hybridized carbons (Fsp3) is 0.0769. The Bertz CT molecular complexity index is 687. The molecular weight excluding hydrogens is 353 g/mol. The quantitative estimate of drug-likeness (QED) is 0.499. The van der Waals surface area contributed by atoms with Gasteiger partial charge >= 0.3 is 0 Å². The van der Waals surface area contributed by atoms with Crippen molar-refractivity contribution in [1.29, 1.82) is 0 Å². The minimum Gasteiger partial charge on any atom is -0.381 e. The van der Waals surface area contributed by atoms with Crippen LogP contribution < -0.4 is 5.32 Å². The van der Waals surface area contributed by atoms with Gasteiger partial charge in [0.05, 0.1) is 4.92 Å². The lowest BCUT2D eigenvalue weighted by atomic mass is 10.1. The molecule has 0 aliphatic heterocycles. The summed E-state index contributed by atoms with van der Waals surface area (Å²) in [6.45, 7) is -0.0336. The maximum absolute atomic E-state index is 13.1. The average Bonchev–Trinajstić information content (AvgIpc) is 2.43. The van der Waals surface area contributed by atoms with Gasteiger partial charge in [-0.25, -0.2) is 13.2 Å². The molecule has 0 heterocycles. The number of nitrogens with zero attached hydrogens (tertiary/aromatic N) is 1. The first-order chi connectivity index (χ1) is 9.88. The molecule has 0 unspecified atom stereocenters. The molecule has 8 heteroatoms. The van der Waals surface area contributed by atoms with Gasteiger partial charge in [0.2, 0.25) is 0 Å². The van der Waals surface area contributed by atoms with E-state index in [1.807, 2.05) is 0 Å². The van der Waals surface area contributed by atoms with Gasteiger partial charge in [-0.1, -0.05) is 15.9 Å². The fourth-order valence-electron chi connectivity index (χ4n) is 1.71. The third kappa shape index (κ3) is 3.52. The molecule has 0 bridgehead atoms. The van der Waals surface area contributed by atoms with Gasteiger partial charge in [0, 0.05) is 40.5 Å². The van der Waals surface area contributed by atoms with Gasteiger partial charge < -0.3 is 5.32 Å². The first-order valence-electron chi connectivity index (χ1n) is 5.69. The van der Waals surface area contributed by atoms with Crippen molar-refractivity contribution in [3.05, 3.63) is 67.9 Å². The number of nitro groups is 1. The van der Waals surface area contributed by atoms with E-state index in [1.165, 1.54) is 12.1 Å². The van der Waals surface area contributed by atoms with Crippen molar-refractivity contribution in [1.82, 2.24) is 0 Å². The zero-order chi connectivity index (χ0) is 15.6. The van der Waals surface area contributed by atoms with Crippen LogP contribution in [-0.4, -0.2) is 4.92 Å². The molecule has 2 rings (SSSR count). The minimum atomic E-state index is -1.56. The van der Waals surface area contributed by atoms with Gasteiger partial charge in [0.15, 0.2) is 17.5 Å². The van der Waals surface area contributed by atoms with Gasteiger partial charge in [-0.2, -0.15) is 0 Å². The van der Waals surface area contributed by atoms with Crippen LogP contribution in [0.2, 0.25) is 0 Å². The summed E-state index contributed by atoms with van der Waals surface area (Å²) < 4.78 is 39.5. The largest absolute Gasteiger partial charge is 0.381 e. The topological polar surface area (TPSA) is 55.2 Å². The smallest absolute Gasteiger partial charge is 0.275 e. The Morgan fingerprint density at radius 3 is 2.33 bits per heavy atom. The summed E-state index contributed by atoms with van der Waals surface area (Å²) in [4.78, 5) is 10.4. The van der Waals surface area contributed by atoms with Crippen LogP contribution in [0.25, 0.3) is 0 Å². The number of nitro benzene ring substituents is 1. The van der Waals surface area contributed by atoms with E-state index < -0.39 is 22.4 Å². The van der Waals surface area contributed by atoms with Crippen molar-refractivity contribution >= 4 is 27.3 Å². The predicted molar refractivity (Wildman–Crippen MR) is 74.4 cm³/mol. The number of hydrogen-bond acceptors (Lipinski definition) is 3. The minimum absolute atomic E-state index is 0.0105. The van der Waals surface area contributed by atoms with Crippen LogP contribution in [0, 0.1) is 27.6 Å². The first kappa shape index (κ1) is 15.3. The predicted octanol–water partition coefficient (Wildman–Crippen LogP) is 4.39. The van der Waals surface area contributed by atoms with Crippen LogP contribution in [0.15, 0.2) is 34.8 Å². The Morgan fingerprint density at radius 2 is 1.76 bits per heavy atom. The molecule has 0 radical (unpaired) electrons. The summed E-state index contributed by atoms with van der Waals surface area (Å²) in [6.07, 6.45) is 0. The van der Waals surface area contributed by atoms with Crippen molar-refractivity contribution in [3.63, 3.8) is 0 Å². The van der Waals surface area contributed by atoms with Crippen LogP contribution in [0.5, 0.6) is 0 Å². The molecule has 0 spiro atoms. The highest BCUT2D eigenvalue weighted by Crippen LogP contribution is 2.25. The molecule has 110 valence electrons. The molecule has 0 saturated carbocycles. The number of halogens is 4. The summed E-state index contributed by atoms with van der Waals surface area (Å²) in [6, 6.07) is 6.00. The van der Waals surface area contributed by atoms with Gasteiger partial charge in [0.1, 0.15) is 0 Å². The van der Waals surface area contributed by atoms with Crippen LogP contribution in [0.4, 0.5) is 24.5 Å². The van der Waals surface area contributed by atoms with Crippen molar-refractivity contribution in [2.24, 2.45) is 0 Å². The lowest BCUT2D eigenvalue weighted by Gasteiger charge is -2.08. The van der Waals surface area contributed by atoms with Gasteiger partial charge in [-0.05, 0) is 12.1 Å². The Kier molecular flexibility index (Phi) is 4.46. The molecular formula is C13H8BrF3N2O2. The van der Waals surface area contributed by atoms with E-state index in [2.05, 4.69) is 21.2 Å². The molecule has 0 saturated heterocycles. The second-order valence-electron chi connectivity index (χ2n) is 4.14. The van der Waals surface area contributed by atoms with E-state index in [1.54, 1.807) is 6.07 Å². The molecule has 0 aromatic heterocycles. The summed E-state index contributed by atoms with van der Waals surface area (Å²) in [5.74, 6) is -4.22. The standard InChI is InChI=1S/C13H8BrF3N2O2/c14-8-2-1-7(12(3-8)19(20)21)6-18-9-4-10(15)13(17)11(16)5-9/h1-5,18H,6H2. The molecule has 1 N–H and O–H groups in total. The zero-order valence-corrected chi connectivity index (χ0v) is 12.0. The Balaban J connectivity index is 2.22. The van der Waals surface area contributed by atoms with Crippen LogP contribution >= 0.6 is 15.9 Å². The maximum atomic E-state index is 13.1. The van der Waals surface area contributed by atoms with Crippen LogP contribution in [0.1, 0.15) is 5.56 Å². The highest BCUT2D eigenvalue weighted by atomic mass is 79.9. The highest BCUT2D eigenvalue weighted by molar-refractivity contribution is 9.10. The molecule has 0 fully saturated rings. The molecule has 4 nitrogen and oxygen atoms in total. The molecule has 0 aliphatic rings. The summed E-state index contributed by atoms with van der Waals surface area (Å²) in [5, 5.41) is 13.5. The lowest BCUT2D eigenvalue weighted by Crippen LogP contribution is -2.04. The monoisotopic (exact) mass is 360 g/mol. The molecule has 0 amide bonds. The van der Waals surface area contributed by atoms with Crippen molar-refractivity contribution in [2.45, 2.75) is 6.54 Å². The SMILES string of the molecule is O=[N+]([O-])c1cc(Br)ccc1CNc1cc(F)c(F)c(F)c1. The van der Waals surface area contributed by atoms with E-state index in [0.29, 0.717) is 10.0 Å². The van der Waals surface area contributed by atoms with Crippen LogP contribution in [-0.2, 0) is 6.54 Å². The molecule has 2 aromatic rings. The second kappa shape index (κ2) is 6.13. The van der Waals surface area contributed by atoms with E-state index in [0.717, 1.165) is 12.1 Å². The van der Waals surface area contributed by atoms with E-state index in [4.69, 9.17) is 0 Å². The summed E-state index contributed by atoms with van der Waals surface area (Å²) in [7, 11) is 0. The molecule has 2 aromatic carbocycles. The Hall–Kier alpha value is -2.09. The molecule has 0 atom stereocenters. The lowest BCUT2D eigenvalue weighted by molar-refractivity contribution is -0.385. The zero-order valence-electron chi connectivity index (χ0n) is 10.4. The summed E-state index contributed by atoms with van der Waals surface area (Å²) >= 11 is 3.12. The van der Waals surface area contributed by atoms with Gasteiger partial charge in [-0.3, -0.25) is 10.1 Å². The third-order valence-electron chi connectivity index (χ3n) is 2.71. The van der Waals surface area contributed by atoms with Crippen LogP contribution in [0.3, 0.4) is 0 Å². The third-order valence-corrected chi connectivity index (χ3v) is 3.20. The molecule has 21 heavy (non-hydrogen) atoms. The van der Waals surface area contributed by atoms with Gasteiger partial charge in [0.25, 0.3) is 5.69 Å². The first-order valence-corrected chi connectivity index (χ1v) is 6.49. The van der Waals surface area contributed by atoms with Crippen molar-refractivity contribution in [3.8, 4) is 0 Å².